The van der Waals surface area contributed by atoms with Crippen molar-refractivity contribution in [3.8, 4) is 11.5 Å². The molecule has 0 saturated carbocycles. The zero-order chi connectivity index (χ0) is 18.6. The van der Waals surface area contributed by atoms with Crippen LogP contribution in [0.3, 0.4) is 0 Å². The van der Waals surface area contributed by atoms with Crippen molar-refractivity contribution in [1.82, 2.24) is 0 Å². The molecule has 0 fully saturated rings. The first kappa shape index (κ1) is 19.4. The van der Waals surface area contributed by atoms with Gasteiger partial charge in [-0.2, -0.15) is 0 Å². The molecule has 1 aromatic heterocycles. The lowest BCUT2D eigenvalue weighted by atomic mass is 10.1. The molecule has 7 heteroatoms. The lowest BCUT2D eigenvalue weighted by Crippen LogP contribution is -2.09. The van der Waals surface area contributed by atoms with Gasteiger partial charge in [0.2, 0.25) is 0 Å². The van der Waals surface area contributed by atoms with Gasteiger partial charge in [-0.15, -0.1) is 5.48 Å². The van der Waals surface area contributed by atoms with Gasteiger partial charge < -0.3 is 15.2 Å². The van der Waals surface area contributed by atoms with E-state index in [2.05, 4.69) is 16.9 Å². The van der Waals surface area contributed by atoms with Crippen molar-refractivity contribution in [3.63, 3.8) is 0 Å². The fourth-order valence-electron chi connectivity index (χ4n) is 2.13. The number of anilines is 1. The van der Waals surface area contributed by atoms with Crippen LogP contribution in [0.15, 0.2) is 59.9 Å². The summed E-state index contributed by atoms with van der Waals surface area (Å²) in [5, 5.41) is 8.79. The molecule has 2 rings (SSSR count). The molecule has 5 N–H and O–H groups in total. The summed E-state index contributed by atoms with van der Waals surface area (Å²) in [6, 6.07) is 10.9. The molecule has 0 unspecified atom stereocenters. The summed E-state index contributed by atoms with van der Waals surface area (Å²) in [5.74, 6) is 1.78. The smallest absolute Gasteiger partial charge is 0.302 e. The van der Waals surface area contributed by atoms with E-state index in [0.717, 1.165) is 24.1 Å². The number of nitrogens with one attached hydrogen (secondary N) is 2. The third kappa shape index (κ3) is 6.19. The highest BCUT2D eigenvalue weighted by Gasteiger charge is 2.04. The molecule has 2 aromatic rings. The molecular formula is C19H25N4O3+. The molecule has 0 aliphatic carbocycles. The van der Waals surface area contributed by atoms with Gasteiger partial charge in [0.25, 0.3) is 0 Å². The Morgan fingerprint density at radius 3 is 2.62 bits per heavy atom. The van der Waals surface area contributed by atoms with Crippen molar-refractivity contribution in [2.75, 3.05) is 18.8 Å². The number of aromatic amines is 1. The highest BCUT2D eigenvalue weighted by atomic mass is 16.5. The maximum Gasteiger partial charge on any atom is 0.302 e. The Hall–Kier alpha value is -2.90. The topological polar surface area (TPSA) is 103 Å². The molecule has 26 heavy (non-hydrogen) atoms. The Kier molecular flexibility index (Phi) is 8.11. The van der Waals surface area contributed by atoms with Crippen LogP contribution in [0.5, 0.6) is 11.5 Å². The number of ether oxygens (including phenoxy) is 2. The Balaban J connectivity index is 2.01. The lowest BCUT2D eigenvalue weighted by molar-refractivity contribution is -0.364. The third-order valence-electron chi connectivity index (χ3n) is 3.51. The summed E-state index contributed by atoms with van der Waals surface area (Å²) < 4.78 is 11.2. The summed E-state index contributed by atoms with van der Waals surface area (Å²) in [6.07, 6.45) is 6.97. The number of benzene rings is 1. The number of H-pyrrole nitrogens is 1. The minimum Gasteiger partial charge on any atom is -0.454 e. The van der Waals surface area contributed by atoms with Gasteiger partial charge in [0.1, 0.15) is 18.7 Å². The molecule has 0 spiro atoms. The van der Waals surface area contributed by atoms with Gasteiger partial charge in [0.05, 0.1) is 5.71 Å². The summed E-state index contributed by atoms with van der Waals surface area (Å²) in [6.45, 7) is 3.13. The van der Waals surface area contributed by atoms with E-state index in [0.29, 0.717) is 30.7 Å². The van der Waals surface area contributed by atoms with Gasteiger partial charge in [-0.1, -0.05) is 13.3 Å². The average molecular weight is 357 g/mol. The van der Waals surface area contributed by atoms with Crippen LogP contribution < -0.4 is 20.9 Å². The van der Waals surface area contributed by atoms with Gasteiger partial charge in [-0.3, -0.25) is 4.99 Å². The molecule has 0 atom stereocenters. The van der Waals surface area contributed by atoms with Crippen molar-refractivity contribution >= 4 is 11.5 Å². The Labute approximate surface area is 153 Å². The molecule has 0 radical (unpaired) electrons. The van der Waals surface area contributed by atoms with E-state index >= 15 is 0 Å². The average Bonchev–Trinajstić information content (AvgIpc) is 2.68. The normalized spacial score (nSPS) is 11.7. The van der Waals surface area contributed by atoms with E-state index in [4.69, 9.17) is 20.4 Å². The summed E-state index contributed by atoms with van der Waals surface area (Å²) in [5.41, 5.74) is 9.22. The predicted octanol–water partition coefficient (Wildman–Crippen LogP) is 3.13. The SMILES string of the molecule is CCCCOCN=C(C=CN)c1ccc(Oc2ccc(NO)[nH+]c2)cc1. The number of rotatable bonds is 10. The fraction of sp³-hybridized carbons (Fsp3) is 0.263. The molecule has 138 valence electrons. The van der Waals surface area contributed by atoms with Crippen molar-refractivity contribution < 1.29 is 19.7 Å². The van der Waals surface area contributed by atoms with E-state index in [9.17, 15) is 0 Å². The molecule has 7 nitrogen and oxygen atoms in total. The Bertz CT molecular complexity index is 713. The second-order valence-corrected chi connectivity index (χ2v) is 5.47. The molecule has 1 heterocycles. The van der Waals surface area contributed by atoms with E-state index in [1.807, 2.05) is 29.7 Å². The lowest BCUT2D eigenvalue weighted by Gasteiger charge is -2.07. The van der Waals surface area contributed by atoms with Crippen molar-refractivity contribution in [1.29, 1.82) is 0 Å². The second-order valence-electron chi connectivity index (χ2n) is 5.47. The largest absolute Gasteiger partial charge is 0.454 e. The van der Waals surface area contributed by atoms with Gasteiger partial charge in [0, 0.05) is 18.2 Å². The van der Waals surface area contributed by atoms with Gasteiger partial charge >= 0.3 is 5.82 Å². The third-order valence-corrected chi connectivity index (χ3v) is 3.51. The molecular weight excluding hydrogens is 332 g/mol. The quantitative estimate of drug-likeness (QED) is 0.344. The minimum absolute atomic E-state index is 0.305. The van der Waals surface area contributed by atoms with Crippen LogP contribution in [0.25, 0.3) is 0 Å². The zero-order valence-electron chi connectivity index (χ0n) is 14.8. The summed E-state index contributed by atoms with van der Waals surface area (Å²) >= 11 is 0. The maximum atomic E-state index is 8.79. The predicted molar refractivity (Wildman–Crippen MR) is 101 cm³/mol. The Morgan fingerprint density at radius 2 is 2.00 bits per heavy atom. The van der Waals surface area contributed by atoms with E-state index in [1.54, 1.807) is 24.4 Å². The van der Waals surface area contributed by atoms with Crippen LogP contribution in [-0.2, 0) is 4.74 Å². The van der Waals surface area contributed by atoms with E-state index in [1.165, 1.54) is 6.20 Å². The van der Waals surface area contributed by atoms with Crippen LogP contribution in [0.1, 0.15) is 25.3 Å². The van der Waals surface area contributed by atoms with Crippen LogP contribution in [0, 0.1) is 0 Å². The highest BCUT2D eigenvalue weighted by Crippen LogP contribution is 2.21. The number of aromatic nitrogens is 1. The number of hydrogen-bond donors (Lipinski definition) is 3. The molecule has 0 saturated heterocycles. The molecule has 1 aromatic carbocycles. The van der Waals surface area contributed by atoms with Crippen molar-refractivity contribution in [2.45, 2.75) is 19.8 Å². The van der Waals surface area contributed by atoms with Gasteiger partial charge in [-0.25, -0.2) is 10.2 Å². The number of unbranched alkanes of at least 4 members (excludes halogenated alkanes) is 1. The van der Waals surface area contributed by atoms with E-state index < -0.39 is 0 Å². The number of nitrogens with zero attached hydrogens (tertiary/aromatic N) is 1. The highest BCUT2D eigenvalue weighted by molar-refractivity contribution is 6.08. The standard InChI is InChI=1S/C19H24N4O3/c1-2-3-12-25-14-22-18(10-11-20)15-4-6-16(7-5-15)26-17-8-9-19(23-24)21-13-17/h4-11,13,24H,2-3,12,14,20H2,1H3,(H,21,23)/p+1. The van der Waals surface area contributed by atoms with Crippen LogP contribution in [0.2, 0.25) is 0 Å². The first-order chi connectivity index (χ1) is 12.8. The summed E-state index contributed by atoms with van der Waals surface area (Å²) in [4.78, 5) is 7.29. The number of pyridine rings is 1. The number of allylic oxidation sites excluding steroid dienone is 1. The number of nitrogens with two attached hydrogens (primary N) is 1. The summed E-state index contributed by atoms with van der Waals surface area (Å²) in [7, 11) is 0. The van der Waals surface area contributed by atoms with Crippen LogP contribution in [-0.4, -0.2) is 24.3 Å². The fourth-order valence-corrected chi connectivity index (χ4v) is 2.13. The monoisotopic (exact) mass is 357 g/mol. The Morgan fingerprint density at radius 1 is 1.23 bits per heavy atom. The number of aliphatic imine (C=N–C) groups is 1. The zero-order valence-corrected chi connectivity index (χ0v) is 14.8. The van der Waals surface area contributed by atoms with E-state index in [-0.39, 0.29) is 0 Å². The maximum absolute atomic E-state index is 8.79. The first-order valence-electron chi connectivity index (χ1n) is 8.47. The second kappa shape index (κ2) is 10.9. The molecule has 0 amide bonds. The van der Waals surface area contributed by atoms with Crippen LogP contribution >= 0.6 is 0 Å². The van der Waals surface area contributed by atoms with Crippen LogP contribution in [0.4, 0.5) is 5.82 Å². The van der Waals surface area contributed by atoms with Crippen molar-refractivity contribution in [3.05, 3.63) is 60.4 Å². The van der Waals surface area contributed by atoms with Gasteiger partial charge in [-0.05, 0) is 49.0 Å². The molecule has 0 aliphatic rings. The minimum atomic E-state index is 0.305. The number of hydrogen-bond acceptors (Lipinski definition) is 6. The molecule has 0 aliphatic heterocycles. The van der Waals surface area contributed by atoms with Gasteiger partial charge in [0.15, 0.2) is 5.75 Å². The van der Waals surface area contributed by atoms with Crippen molar-refractivity contribution in [2.24, 2.45) is 10.7 Å². The first-order valence-corrected chi connectivity index (χ1v) is 8.47. The molecule has 0 bridgehead atoms.